The zero-order valence-corrected chi connectivity index (χ0v) is 9.47. The first kappa shape index (κ1) is 11.4. The van der Waals surface area contributed by atoms with Crippen LogP contribution in [0.15, 0.2) is 18.2 Å². The molecule has 0 spiro atoms. The van der Waals surface area contributed by atoms with E-state index < -0.39 is 11.6 Å². The number of benzene rings is 1. The van der Waals surface area contributed by atoms with Crippen molar-refractivity contribution in [2.75, 3.05) is 5.32 Å². The quantitative estimate of drug-likeness (QED) is 0.821. The molecule has 1 fully saturated rings. The number of halogens is 2. The predicted molar refractivity (Wildman–Crippen MR) is 61.4 cm³/mol. The van der Waals surface area contributed by atoms with E-state index in [1.165, 1.54) is 31.0 Å². The monoisotopic (exact) mass is 225 g/mol. The van der Waals surface area contributed by atoms with Gasteiger partial charge >= 0.3 is 0 Å². The topological polar surface area (TPSA) is 12.0 Å². The normalized spacial score (nSPS) is 18.7. The van der Waals surface area contributed by atoms with Crippen molar-refractivity contribution in [1.82, 2.24) is 0 Å². The molecule has 0 heterocycles. The fourth-order valence-corrected chi connectivity index (χ4v) is 2.44. The molecule has 2 rings (SSSR count). The van der Waals surface area contributed by atoms with E-state index in [1.807, 2.05) is 6.92 Å². The lowest BCUT2D eigenvalue weighted by atomic mass is 9.99. The van der Waals surface area contributed by atoms with Crippen LogP contribution in [0.2, 0.25) is 0 Å². The average molecular weight is 225 g/mol. The summed E-state index contributed by atoms with van der Waals surface area (Å²) in [6, 6.07) is 4.09. The van der Waals surface area contributed by atoms with Gasteiger partial charge in [-0.3, -0.25) is 0 Å². The summed E-state index contributed by atoms with van der Waals surface area (Å²) in [7, 11) is 0. The molecule has 88 valence electrons. The fourth-order valence-electron chi connectivity index (χ4n) is 2.44. The molecule has 0 aromatic heterocycles. The van der Waals surface area contributed by atoms with E-state index in [2.05, 4.69) is 5.32 Å². The van der Waals surface area contributed by atoms with Crippen LogP contribution in [0, 0.1) is 17.6 Å². The van der Waals surface area contributed by atoms with Crippen molar-refractivity contribution >= 4 is 5.69 Å². The highest BCUT2D eigenvalue weighted by molar-refractivity contribution is 5.46. The summed E-state index contributed by atoms with van der Waals surface area (Å²) < 4.78 is 26.8. The van der Waals surface area contributed by atoms with Gasteiger partial charge in [0, 0.05) is 6.04 Å². The Morgan fingerprint density at radius 2 is 1.75 bits per heavy atom. The first-order valence-corrected chi connectivity index (χ1v) is 5.89. The van der Waals surface area contributed by atoms with Gasteiger partial charge in [-0.15, -0.1) is 0 Å². The molecule has 1 unspecified atom stereocenters. The Balaban J connectivity index is 2.07. The van der Waals surface area contributed by atoms with E-state index >= 15 is 0 Å². The molecule has 1 N–H and O–H groups in total. The van der Waals surface area contributed by atoms with E-state index in [4.69, 9.17) is 0 Å². The summed E-state index contributed by atoms with van der Waals surface area (Å²) in [5.41, 5.74) is 0.0156. The van der Waals surface area contributed by atoms with Crippen LogP contribution >= 0.6 is 0 Å². The largest absolute Gasteiger partial charge is 0.378 e. The van der Waals surface area contributed by atoms with Gasteiger partial charge < -0.3 is 5.32 Å². The van der Waals surface area contributed by atoms with Crippen molar-refractivity contribution in [2.45, 2.75) is 38.6 Å². The maximum absolute atomic E-state index is 13.4. The minimum atomic E-state index is -0.509. The molecule has 1 aliphatic carbocycles. The highest BCUT2D eigenvalue weighted by atomic mass is 19.1. The van der Waals surface area contributed by atoms with Gasteiger partial charge in [-0.05, 0) is 37.8 Å². The lowest BCUT2D eigenvalue weighted by Gasteiger charge is -2.22. The Labute approximate surface area is 94.9 Å². The Hall–Kier alpha value is -1.12. The zero-order chi connectivity index (χ0) is 11.5. The molecule has 1 nitrogen and oxygen atoms in total. The number of hydrogen-bond acceptors (Lipinski definition) is 1. The molecule has 1 aromatic carbocycles. The molecule has 0 radical (unpaired) electrons. The van der Waals surface area contributed by atoms with Gasteiger partial charge in [0.2, 0.25) is 0 Å². The molecular formula is C13H17F2N. The van der Waals surface area contributed by atoms with E-state index in [-0.39, 0.29) is 11.7 Å². The Bertz CT molecular complexity index is 339. The number of para-hydroxylation sites is 1. The van der Waals surface area contributed by atoms with E-state index in [0.717, 1.165) is 12.8 Å². The highest BCUT2D eigenvalue weighted by Crippen LogP contribution is 2.30. The maximum Gasteiger partial charge on any atom is 0.149 e. The lowest BCUT2D eigenvalue weighted by Crippen LogP contribution is -2.24. The predicted octanol–water partition coefficient (Wildman–Crippen LogP) is 3.96. The Morgan fingerprint density at radius 3 is 2.31 bits per heavy atom. The van der Waals surface area contributed by atoms with Gasteiger partial charge in [0.15, 0.2) is 0 Å². The summed E-state index contributed by atoms with van der Waals surface area (Å²) in [4.78, 5) is 0. The number of hydrogen-bond donors (Lipinski definition) is 1. The van der Waals surface area contributed by atoms with E-state index in [9.17, 15) is 8.78 Å². The second kappa shape index (κ2) is 4.81. The van der Waals surface area contributed by atoms with Gasteiger partial charge in [-0.2, -0.15) is 0 Å². The maximum atomic E-state index is 13.4. The Kier molecular flexibility index (Phi) is 3.42. The highest BCUT2D eigenvalue weighted by Gasteiger charge is 2.22. The molecule has 0 saturated heterocycles. The number of nitrogens with one attached hydrogen (secondary N) is 1. The van der Waals surface area contributed by atoms with Crippen molar-refractivity contribution in [3.8, 4) is 0 Å². The van der Waals surface area contributed by atoms with Crippen LogP contribution in [0.4, 0.5) is 14.5 Å². The molecule has 16 heavy (non-hydrogen) atoms. The number of rotatable bonds is 3. The third kappa shape index (κ3) is 2.34. The molecule has 1 saturated carbocycles. The summed E-state index contributed by atoms with van der Waals surface area (Å²) in [5.74, 6) is -0.478. The molecule has 1 aliphatic rings. The van der Waals surface area contributed by atoms with Gasteiger partial charge in [0.1, 0.15) is 17.3 Å². The fraction of sp³-hybridized carbons (Fsp3) is 0.538. The van der Waals surface area contributed by atoms with Gasteiger partial charge in [0.25, 0.3) is 0 Å². The van der Waals surface area contributed by atoms with Crippen LogP contribution < -0.4 is 5.32 Å². The van der Waals surface area contributed by atoms with Crippen LogP contribution in [0.1, 0.15) is 32.6 Å². The second-order valence-electron chi connectivity index (χ2n) is 4.57. The smallest absolute Gasteiger partial charge is 0.149 e. The minimum absolute atomic E-state index is 0.0156. The molecule has 3 heteroatoms. The first-order chi connectivity index (χ1) is 7.68. The van der Waals surface area contributed by atoms with Crippen molar-refractivity contribution in [3.63, 3.8) is 0 Å². The van der Waals surface area contributed by atoms with Crippen molar-refractivity contribution in [3.05, 3.63) is 29.8 Å². The average Bonchev–Trinajstić information content (AvgIpc) is 2.76. The molecule has 1 atom stereocenters. The first-order valence-electron chi connectivity index (χ1n) is 5.89. The minimum Gasteiger partial charge on any atom is -0.378 e. The summed E-state index contributed by atoms with van der Waals surface area (Å²) in [6.45, 7) is 2.00. The van der Waals surface area contributed by atoms with Crippen LogP contribution in [0.3, 0.4) is 0 Å². The van der Waals surface area contributed by atoms with Crippen molar-refractivity contribution in [1.29, 1.82) is 0 Å². The van der Waals surface area contributed by atoms with Gasteiger partial charge in [-0.1, -0.05) is 18.9 Å². The molecule has 0 bridgehead atoms. The lowest BCUT2D eigenvalue weighted by molar-refractivity contribution is 0.475. The third-order valence-electron chi connectivity index (χ3n) is 3.44. The summed E-state index contributed by atoms with van der Waals surface area (Å²) in [6.07, 6.45) is 4.78. The zero-order valence-electron chi connectivity index (χ0n) is 9.47. The molecule has 0 amide bonds. The summed E-state index contributed by atoms with van der Waals surface area (Å²) >= 11 is 0. The van der Waals surface area contributed by atoms with Crippen LogP contribution in [0.5, 0.6) is 0 Å². The summed E-state index contributed by atoms with van der Waals surface area (Å²) in [5, 5.41) is 2.97. The second-order valence-corrected chi connectivity index (χ2v) is 4.57. The van der Waals surface area contributed by atoms with Gasteiger partial charge in [0.05, 0.1) is 0 Å². The van der Waals surface area contributed by atoms with Gasteiger partial charge in [-0.25, -0.2) is 8.78 Å². The van der Waals surface area contributed by atoms with E-state index in [0.29, 0.717) is 5.92 Å². The van der Waals surface area contributed by atoms with Crippen molar-refractivity contribution in [2.24, 2.45) is 5.92 Å². The molecule has 0 aliphatic heterocycles. The van der Waals surface area contributed by atoms with Crippen LogP contribution in [-0.4, -0.2) is 6.04 Å². The molecule has 1 aromatic rings. The third-order valence-corrected chi connectivity index (χ3v) is 3.44. The standard InChI is InChI=1S/C13H17F2N/c1-9(10-5-2-3-6-10)16-13-11(14)7-4-8-12(13)15/h4,7-10,16H,2-3,5-6H2,1H3. The Morgan fingerprint density at radius 1 is 1.19 bits per heavy atom. The SMILES string of the molecule is CC(Nc1c(F)cccc1F)C1CCCC1. The van der Waals surface area contributed by atoms with Crippen LogP contribution in [0.25, 0.3) is 0 Å². The van der Waals surface area contributed by atoms with E-state index in [1.54, 1.807) is 0 Å². The molecular weight excluding hydrogens is 208 g/mol. The van der Waals surface area contributed by atoms with Crippen molar-refractivity contribution < 1.29 is 8.78 Å². The van der Waals surface area contributed by atoms with Crippen LogP contribution in [-0.2, 0) is 0 Å². The number of anilines is 1.